The van der Waals surface area contributed by atoms with Gasteiger partial charge >= 0.3 is 5.69 Å². The minimum absolute atomic E-state index is 0.195. The number of allylic oxidation sites excluding steroid dienone is 3. The lowest BCUT2D eigenvalue weighted by Gasteiger charge is -2.14. The average molecular weight is 397 g/mol. The normalized spacial score (nSPS) is 11.8. The number of benzene rings is 1. The molecule has 5 nitrogen and oxygen atoms in total. The standard InChI is InChI=1S/C22H25ClN4O/c1-5-18(23)7-6-14(3)25-11-17-10-24-12-19(15(17)4)16-8-13(2)21-20(9-16)26-22(28)27-21/h5,8-10,12,25H,3,6-7,11H2,1-2,4H3,(H2,26,27,28)/b18-5+. The van der Waals surface area contributed by atoms with Gasteiger partial charge in [-0.3, -0.25) is 4.98 Å². The number of H-pyrrole nitrogens is 2. The molecule has 28 heavy (non-hydrogen) atoms. The fraction of sp³-hybridized carbons (Fsp3) is 0.273. The van der Waals surface area contributed by atoms with E-state index in [0.29, 0.717) is 6.54 Å². The first-order chi connectivity index (χ1) is 13.4. The number of fused-ring (bicyclic) bond motifs is 1. The Hall–Kier alpha value is -2.79. The molecule has 1 aromatic carbocycles. The van der Waals surface area contributed by atoms with E-state index >= 15 is 0 Å². The van der Waals surface area contributed by atoms with E-state index in [-0.39, 0.29) is 5.69 Å². The van der Waals surface area contributed by atoms with E-state index in [1.54, 1.807) is 0 Å². The smallest absolute Gasteiger partial charge is 0.323 e. The van der Waals surface area contributed by atoms with Crippen molar-refractivity contribution in [2.75, 3.05) is 0 Å². The van der Waals surface area contributed by atoms with Crippen molar-refractivity contribution in [1.82, 2.24) is 20.3 Å². The van der Waals surface area contributed by atoms with Gasteiger partial charge in [0.25, 0.3) is 0 Å². The van der Waals surface area contributed by atoms with Crippen molar-refractivity contribution in [3.63, 3.8) is 0 Å². The van der Waals surface area contributed by atoms with E-state index in [9.17, 15) is 4.79 Å². The molecular weight excluding hydrogens is 372 g/mol. The van der Waals surface area contributed by atoms with Crippen LogP contribution in [0.3, 0.4) is 0 Å². The summed E-state index contributed by atoms with van der Waals surface area (Å²) in [5.41, 5.74) is 7.76. The summed E-state index contributed by atoms with van der Waals surface area (Å²) in [6.45, 7) is 10.7. The van der Waals surface area contributed by atoms with Crippen LogP contribution >= 0.6 is 11.6 Å². The minimum atomic E-state index is -0.195. The van der Waals surface area contributed by atoms with Gasteiger partial charge < -0.3 is 15.3 Å². The Morgan fingerprint density at radius 2 is 2.04 bits per heavy atom. The maximum Gasteiger partial charge on any atom is 0.323 e. The molecule has 0 aliphatic carbocycles. The van der Waals surface area contributed by atoms with Gasteiger partial charge in [0.1, 0.15) is 0 Å². The number of nitrogens with one attached hydrogen (secondary N) is 3. The number of aromatic nitrogens is 3. The highest BCUT2D eigenvalue weighted by atomic mass is 35.5. The van der Waals surface area contributed by atoms with E-state index in [2.05, 4.69) is 39.8 Å². The molecule has 0 bridgehead atoms. The van der Waals surface area contributed by atoms with Gasteiger partial charge in [-0.1, -0.05) is 24.3 Å². The maximum atomic E-state index is 11.6. The average Bonchev–Trinajstić information content (AvgIpc) is 3.06. The second-order valence-electron chi connectivity index (χ2n) is 6.96. The number of nitrogens with zero attached hydrogens (tertiary/aromatic N) is 1. The summed E-state index contributed by atoms with van der Waals surface area (Å²) in [6.07, 6.45) is 7.23. The Kier molecular flexibility index (Phi) is 6.05. The predicted molar refractivity (Wildman–Crippen MR) is 116 cm³/mol. The zero-order valence-electron chi connectivity index (χ0n) is 16.4. The topological polar surface area (TPSA) is 73.6 Å². The number of aromatic amines is 2. The third-order valence-corrected chi connectivity index (χ3v) is 5.37. The first-order valence-corrected chi connectivity index (χ1v) is 9.65. The van der Waals surface area contributed by atoms with Crippen molar-refractivity contribution >= 4 is 22.6 Å². The van der Waals surface area contributed by atoms with Gasteiger partial charge in [-0.2, -0.15) is 0 Å². The summed E-state index contributed by atoms with van der Waals surface area (Å²) in [5.74, 6) is 0. The van der Waals surface area contributed by atoms with E-state index in [0.717, 1.165) is 62.4 Å². The number of hydrogen-bond acceptors (Lipinski definition) is 3. The molecule has 0 aliphatic heterocycles. The molecule has 0 fully saturated rings. The van der Waals surface area contributed by atoms with Crippen molar-refractivity contribution in [2.45, 2.75) is 40.2 Å². The van der Waals surface area contributed by atoms with Crippen LogP contribution < -0.4 is 11.0 Å². The van der Waals surface area contributed by atoms with Crippen LogP contribution in [0.1, 0.15) is 36.5 Å². The molecule has 0 amide bonds. The summed E-state index contributed by atoms with van der Waals surface area (Å²) < 4.78 is 0. The van der Waals surface area contributed by atoms with Gasteiger partial charge in [0.15, 0.2) is 0 Å². The van der Waals surface area contributed by atoms with Crippen molar-refractivity contribution in [2.24, 2.45) is 0 Å². The fourth-order valence-electron chi connectivity index (χ4n) is 3.24. The predicted octanol–water partition coefficient (Wildman–Crippen LogP) is 5.06. The fourth-order valence-corrected chi connectivity index (χ4v) is 3.33. The van der Waals surface area contributed by atoms with E-state index in [1.807, 2.05) is 38.4 Å². The highest BCUT2D eigenvalue weighted by molar-refractivity contribution is 6.29. The van der Waals surface area contributed by atoms with Gasteiger partial charge in [0.05, 0.1) is 11.0 Å². The molecule has 0 radical (unpaired) electrons. The van der Waals surface area contributed by atoms with E-state index in [1.165, 1.54) is 0 Å². The SMILES string of the molecule is C=C(CC/C(Cl)=C\C)NCc1cncc(-c2cc(C)c3[nH]c(=O)[nH]c3c2)c1C. The molecule has 0 unspecified atom stereocenters. The van der Waals surface area contributed by atoms with Gasteiger partial charge in [0.2, 0.25) is 0 Å². The second-order valence-corrected chi connectivity index (χ2v) is 7.44. The van der Waals surface area contributed by atoms with Crippen LogP contribution in [0, 0.1) is 13.8 Å². The molecule has 2 heterocycles. The minimum Gasteiger partial charge on any atom is -0.385 e. The Morgan fingerprint density at radius 3 is 2.79 bits per heavy atom. The zero-order valence-corrected chi connectivity index (χ0v) is 17.2. The lowest BCUT2D eigenvalue weighted by molar-refractivity contribution is 0.748. The molecule has 0 saturated heterocycles. The van der Waals surface area contributed by atoms with E-state index in [4.69, 9.17) is 11.6 Å². The van der Waals surface area contributed by atoms with Crippen LogP contribution in [0.5, 0.6) is 0 Å². The summed E-state index contributed by atoms with van der Waals surface area (Å²) in [6, 6.07) is 4.06. The van der Waals surface area contributed by atoms with Crippen molar-refractivity contribution in [1.29, 1.82) is 0 Å². The molecule has 3 aromatic rings. The monoisotopic (exact) mass is 396 g/mol. The molecule has 2 aromatic heterocycles. The lowest BCUT2D eigenvalue weighted by Crippen LogP contribution is -2.13. The summed E-state index contributed by atoms with van der Waals surface area (Å²) >= 11 is 6.05. The van der Waals surface area contributed by atoms with Gasteiger partial charge in [-0.05, 0) is 68.0 Å². The molecule has 6 heteroatoms. The molecular formula is C22H25ClN4O. The Morgan fingerprint density at radius 1 is 1.25 bits per heavy atom. The maximum absolute atomic E-state index is 11.6. The van der Waals surface area contributed by atoms with Crippen LogP contribution in [-0.4, -0.2) is 15.0 Å². The molecule has 0 saturated carbocycles. The highest BCUT2D eigenvalue weighted by Gasteiger charge is 2.11. The summed E-state index contributed by atoms with van der Waals surface area (Å²) in [4.78, 5) is 21.7. The molecule has 3 N–H and O–H groups in total. The zero-order chi connectivity index (χ0) is 20.3. The number of imidazole rings is 1. The number of pyridine rings is 1. The Labute approximate surface area is 169 Å². The number of hydrogen-bond donors (Lipinski definition) is 3. The van der Waals surface area contributed by atoms with Crippen molar-refractivity contribution in [3.05, 3.63) is 75.1 Å². The third-order valence-electron chi connectivity index (χ3n) is 4.96. The number of rotatable bonds is 7. The largest absolute Gasteiger partial charge is 0.385 e. The van der Waals surface area contributed by atoms with Gasteiger partial charge in [0, 0.05) is 35.2 Å². The molecule has 0 atom stereocenters. The first-order valence-electron chi connectivity index (χ1n) is 9.28. The molecule has 0 spiro atoms. The molecule has 3 rings (SSSR count). The van der Waals surface area contributed by atoms with Crippen LogP contribution in [-0.2, 0) is 6.54 Å². The Bertz CT molecular complexity index is 1110. The quantitative estimate of drug-likeness (QED) is 0.522. The first kappa shape index (κ1) is 20.0. The number of halogens is 1. The van der Waals surface area contributed by atoms with Crippen molar-refractivity contribution < 1.29 is 0 Å². The lowest BCUT2D eigenvalue weighted by atomic mass is 9.97. The summed E-state index contributed by atoms with van der Waals surface area (Å²) in [7, 11) is 0. The third kappa shape index (κ3) is 4.37. The molecule has 146 valence electrons. The Balaban J connectivity index is 1.81. The van der Waals surface area contributed by atoms with Crippen molar-refractivity contribution in [3.8, 4) is 11.1 Å². The van der Waals surface area contributed by atoms with Crippen LogP contribution in [0.2, 0.25) is 0 Å². The van der Waals surface area contributed by atoms with Gasteiger partial charge in [-0.15, -0.1) is 0 Å². The second kappa shape index (κ2) is 8.48. The van der Waals surface area contributed by atoms with Gasteiger partial charge in [-0.25, -0.2) is 4.79 Å². The molecule has 0 aliphatic rings. The van der Waals surface area contributed by atoms with Crippen LogP contribution in [0.15, 0.2) is 52.7 Å². The summed E-state index contributed by atoms with van der Waals surface area (Å²) in [5, 5.41) is 4.21. The van der Waals surface area contributed by atoms with Crippen LogP contribution in [0.4, 0.5) is 0 Å². The van der Waals surface area contributed by atoms with E-state index < -0.39 is 0 Å². The number of aryl methyl sites for hydroxylation is 1. The van der Waals surface area contributed by atoms with Crippen LogP contribution in [0.25, 0.3) is 22.2 Å². The highest BCUT2D eigenvalue weighted by Crippen LogP contribution is 2.28.